The molecule has 0 saturated carbocycles. The fourth-order valence-corrected chi connectivity index (χ4v) is 10.1. The van der Waals surface area contributed by atoms with E-state index in [1.807, 2.05) is 4.90 Å². The summed E-state index contributed by atoms with van der Waals surface area (Å²) in [7, 11) is 0. The van der Waals surface area contributed by atoms with Gasteiger partial charge in [-0.05, 0) is 129 Å². The molecule has 2 bridgehead atoms. The minimum absolute atomic E-state index is 0.106. The number of carbonyl (C=O) groups is 2. The summed E-state index contributed by atoms with van der Waals surface area (Å²) in [6.45, 7) is 17.0. The predicted octanol–water partition coefficient (Wildman–Crippen LogP) is 6.83. The zero-order chi connectivity index (χ0) is 32.3. The molecule has 2 atom stereocenters. The van der Waals surface area contributed by atoms with Crippen molar-refractivity contribution in [3.05, 3.63) is 45.8 Å². The zero-order valence-corrected chi connectivity index (χ0v) is 29.5. The van der Waals surface area contributed by atoms with Gasteiger partial charge in [-0.15, -0.1) is 11.3 Å². The van der Waals surface area contributed by atoms with E-state index in [9.17, 15) is 9.59 Å². The quantitative estimate of drug-likeness (QED) is 0.306. The molecule has 1 unspecified atom stereocenters. The third-order valence-electron chi connectivity index (χ3n) is 11.3. The van der Waals surface area contributed by atoms with Crippen LogP contribution in [-0.4, -0.2) is 88.5 Å². The van der Waals surface area contributed by atoms with Crippen LogP contribution < -0.4 is 0 Å². The van der Waals surface area contributed by atoms with Gasteiger partial charge in [-0.2, -0.15) is 0 Å². The van der Waals surface area contributed by atoms with Crippen molar-refractivity contribution in [3.8, 4) is 11.3 Å². The number of fused-ring (bicyclic) bond motifs is 3. The van der Waals surface area contributed by atoms with E-state index in [2.05, 4.69) is 80.6 Å². The summed E-state index contributed by atoms with van der Waals surface area (Å²) in [5.74, 6) is 0.732. The molecule has 4 fully saturated rings. The number of carbonyl (C=O) groups excluding carboxylic acids is 2. The Morgan fingerprint density at radius 3 is 2.13 bits per heavy atom. The Hall–Kier alpha value is -2.68. The maximum Gasteiger partial charge on any atom is 0.233 e. The lowest BCUT2D eigenvalue weighted by Crippen LogP contribution is -2.51. The van der Waals surface area contributed by atoms with Crippen molar-refractivity contribution >= 4 is 33.4 Å². The highest BCUT2D eigenvalue weighted by atomic mass is 32.1. The molecule has 4 aliphatic rings. The van der Waals surface area contributed by atoms with E-state index in [1.165, 1.54) is 38.2 Å². The summed E-state index contributed by atoms with van der Waals surface area (Å²) in [5.41, 5.74) is 5.78. The molecule has 8 heteroatoms. The second kappa shape index (κ2) is 12.4. The first-order valence-corrected chi connectivity index (χ1v) is 18.5. The number of aromatic amines is 1. The number of thiophene rings is 1. The number of likely N-dealkylation sites (tertiary alicyclic amines) is 1. The van der Waals surface area contributed by atoms with Crippen LogP contribution in [0.25, 0.3) is 21.5 Å². The lowest BCUT2D eigenvalue weighted by Gasteiger charge is -2.39. The number of H-pyrrole nitrogens is 1. The van der Waals surface area contributed by atoms with E-state index in [0.29, 0.717) is 37.0 Å². The molecular formula is C38H52N4O3S. The number of aromatic nitrogens is 1. The van der Waals surface area contributed by atoms with Crippen molar-refractivity contribution in [3.63, 3.8) is 0 Å². The van der Waals surface area contributed by atoms with E-state index in [-0.39, 0.29) is 18.1 Å². The van der Waals surface area contributed by atoms with Crippen LogP contribution in [0.3, 0.4) is 0 Å². The molecule has 1 N–H and O–H groups in total. The summed E-state index contributed by atoms with van der Waals surface area (Å²) in [6, 6.07) is 10.0. The molecule has 0 aliphatic carbocycles. The summed E-state index contributed by atoms with van der Waals surface area (Å²) in [5, 5.41) is 1.26. The van der Waals surface area contributed by atoms with Crippen LogP contribution in [0.4, 0.5) is 0 Å². The highest BCUT2D eigenvalue weighted by Crippen LogP contribution is 2.44. The maximum atomic E-state index is 14.0. The first-order chi connectivity index (χ1) is 22.0. The smallest absolute Gasteiger partial charge is 0.233 e. The van der Waals surface area contributed by atoms with Gasteiger partial charge in [0.05, 0.1) is 23.3 Å². The van der Waals surface area contributed by atoms with Crippen LogP contribution in [0.2, 0.25) is 0 Å². The molecular weight excluding hydrogens is 593 g/mol. The minimum atomic E-state index is -0.544. The Morgan fingerprint density at radius 2 is 1.52 bits per heavy atom. The molecule has 7 nitrogen and oxygen atoms in total. The van der Waals surface area contributed by atoms with Gasteiger partial charge in [0.2, 0.25) is 11.8 Å². The van der Waals surface area contributed by atoms with Crippen LogP contribution in [0, 0.1) is 19.8 Å². The lowest BCUT2D eigenvalue weighted by molar-refractivity contribution is -0.148. The zero-order valence-electron chi connectivity index (χ0n) is 28.7. The first kappa shape index (κ1) is 31.9. The Balaban J connectivity index is 1.10. The third kappa shape index (κ3) is 5.94. The van der Waals surface area contributed by atoms with Crippen LogP contribution in [-0.2, 0) is 26.2 Å². The van der Waals surface area contributed by atoms with E-state index in [1.54, 1.807) is 11.3 Å². The number of morpholine rings is 1. The Kier molecular flexibility index (Phi) is 8.60. The lowest BCUT2D eigenvalue weighted by atomic mass is 9.88. The molecule has 248 valence electrons. The van der Waals surface area contributed by atoms with Crippen molar-refractivity contribution in [1.82, 2.24) is 19.7 Å². The monoisotopic (exact) mass is 644 g/mol. The van der Waals surface area contributed by atoms with Crippen molar-refractivity contribution < 1.29 is 14.3 Å². The van der Waals surface area contributed by atoms with Gasteiger partial charge in [0.15, 0.2) is 0 Å². The van der Waals surface area contributed by atoms with Crippen molar-refractivity contribution in [2.24, 2.45) is 5.92 Å². The third-order valence-corrected chi connectivity index (χ3v) is 12.7. The average Bonchev–Trinajstić information content (AvgIpc) is 3.79. The summed E-state index contributed by atoms with van der Waals surface area (Å²) >= 11 is 1.76. The van der Waals surface area contributed by atoms with Gasteiger partial charge in [0.25, 0.3) is 0 Å². The number of piperidine rings is 1. The largest absolute Gasteiger partial charge is 0.372 e. The minimum Gasteiger partial charge on any atom is -0.372 e. The SMILES string of the molecule is Cc1cc(C)cc(-c2[nH]c3sc(C(C)(C)C(=O)N4C5CCC4CC5)cc3c2CCN2CCC(C(=O)N3CC(C)O[C@@H](C)C3)CC2)c1. The Labute approximate surface area is 278 Å². The summed E-state index contributed by atoms with van der Waals surface area (Å²) < 4.78 is 5.87. The van der Waals surface area contributed by atoms with Gasteiger partial charge in [-0.3, -0.25) is 9.59 Å². The van der Waals surface area contributed by atoms with E-state index in [4.69, 9.17) is 4.74 Å². The van der Waals surface area contributed by atoms with Crippen molar-refractivity contribution in [2.45, 2.75) is 116 Å². The second-order valence-electron chi connectivity index (χ2n) is 15.4. The topological polar surface area (TPSA) is 68.9 Å². The van der Waals surface area contributed by atoms with Crippen molar-refractivity contribution in [2.75, 3.05) is 32.7 Å². The number of rotatable bonds is 7. The molecule has 3 aromatic rings. The van der Waals surface area contributed by atoms with Crippen LogP contribution in [0.5, 0.6) is 0 Å². The highest BCUT2D eigenvalue weighted by Gasteiger charge is 2.47. The van der Waals surface area contributed by atoms with Gasteiger partial charge >= 0.3 is 0 Å². The fraction of sp³-hybridized carbons (Fsp3) is 0.632. The second-order valence-corrected chi connectivity index (χ2v) is 16.4. The number of aryl methyl sites for hydroxylation is 2. The Morgan fingerprint density at radius 1 is 0.913 bits per heavy atom. The maximum absolute atomic E-state index is 14.0. The molecule has 1 aromatic carbocycles. The number of hydrogen-bond acceptors (Lipinski definition) is 5. The highest BCUT2D eigenvalue weighted by molar-refractivity contribution is 7.19. The van der Waals surface area contributed by atoms with Gasteiger partial charge in [0, 0.05) is 47.9 Å². The van der Waals surface area contributed by atoms with Crippen molar-refractivity contribution in [1.29, 1.82) is 0 Å². The number of hydrogen-bond donors (Lipinski definition) is 1. The molecule has 6 heterocycles. The number of ether oxygens (including phenoxy) is 1. The van der Waals surface area contributed by atoms with Gasteiger partial charge in [-0.1, -0.05) is 17.2 Å². The summed E-state index contributed by atoms with van der Waals surface area (Å²) in [4.78, 5) is 40.4. The molecule has 2 aromatic heterocycles. The molecule has 46 heavy (non-hydrogen) atoms. The predicted molar refractivity (Wildman–Crippen MR) is 186 cm³/mol. The summed E-state index contributed by atoms with van der Waals surface area (Å²) in [6.07, 6.45) is 7.64. The number of amides is 2. The Bertz CT molecular complexity index is 1560. The standard InChI is InChI=1S/C38H52N4O3S/c1-23-17-24(2)19-28(18-23)34-31(13-16-40-14-11-27(12-15-40)36(43)41-21-25(3)45-26(4)22-41)32-20-33(46-35(32)39-34)38(5,6)37(44)42-29-7-8-30(42)10-9-29/h17-20,25-27,29-30,39H,7-16,21-22H2,1-6H3/t25-,26?,29?,30?/m0/s1. The molecule has 2 amide bonds. The van der Waals surface area contributed by atoms with E-state index < -0.39 is 5.41 Å². The van der Waals surface area contributed by atoms with Crippen LogP contribution in [0.15, 0.2) is 24.3 Å². The molecule has 0 spiro atoms. The van der Waals surface area contributed by atoms with Crippen LogP contribution >= 0.6 is 11.3 Å². The van der Waals surface area contributed by atoms with E-state index in [0.717, 1.165) is 69.5 Å². The van der Waals surface area contributed by atoms with Gasteiger partial charge < -0.3 is 24.4 Å². The van der Waals surface area contributed by atoms with Gasteiger partial charge in [-0.25, -0.2) is 0 Å². The number of nitrogens with one attached hydrogen (secondary N) is 1. The normalized spacial score (nSPS) is 26.0. The molecule has 7 rings (SSSR count). The first-order valence-electron chi connectivity index (χ1n) is 17.7. The number of nitrogens with zero attached hydrogens (tertiary/aromatic N) is 3. The average molecular weight is 645 g/mol. The van der Waals surface area contributed by atoms with E-state index >= 15 is 0 Å². The number of benzene rings is 1. The molecule has 0 radical (unpaired) electrons. The van der Waals surface area contributed by atoms with Gasteiger partial charge in [0.1, 0.15) is 4.83 Å². The fourth-order valence-electron chi connectivity index (χ4n) is 8.93. The molecule has 4 saturated heterocycles. The van der Waals surface area contributed by atoms with Crippen LogP contribution in [0.1, 0.15) is 87.8 Å². The molecule has 4 aliphatic heterocycles.